The molecule has 0 radical (unpaired) electrons. The zero-order valence-corrected chi connectivity index (χ0v) is 22.7. The molecule has 2 aliphatic rings. The van der Waals surface area contributed by atoms with Crippen molar-refractivity contribution in [3.05, 3.63) is 29.6 Å². The number of aromatic nitrogens is 2. The maximum absolute atomic E-state index is 14.5. The molecule has 9 nitrogen and oxygen atoms in total. The molecule has 0 aromatic carbocycles. The highest BCUT2D eigenvalue weighted by Crippen LogP contribution is 2.34. The van der Waals surface area contributed by atoms with Gasteiger partial charge in [-0.05, 0) is 37.5 Å². The molecule has 0 aliphatic carbocycles. The van der Waals surface area contributed by atoms with Crippen molar-refractivity contribution in [2.24, 2.45) is 15.9 Å². The van der Waals surface area contributed by atoms with Gasteiger partial charge in [-0.25, -0.2) is 13.8 Å². The van der Waals surface area contributed by atoms with Crippen molar-refractivity contribution >= 4 is 40.2 Å². The molecule has 2 aliphatic heterocycles. The molecular formula is C24H25F8N7O2S. The third kappa shape index (κ3) is 8.33. The molecule has 1 saturated heterocycles. The van der Waals surface area contributed by atoms with Crippen LogP contribution in [0.5, 0.6) is 5.88 Å². The number of carbonyl (C=O) groups is 1. The predicted molar refractivity (Wildman–Crippen MR) is 139 cm³/mol. The Morgan fingerprint density at radius 2 is 1.98 bits per heavy atom. The van der Waals surface area contributed by atoms with Crippen molar-refractivity contribution in [3.8, 4) is 5.88 Å². The van der Waals surface area contributed by atoms with Gasteiger partial charge < -0.3 is 15.4 Å². The number of nitrogens with one attached hydrogen (secondary N) is 2. The number of ether oxygens (including phenoxy) is 1. The minimum Gasteiger partial charge on any atom is -0.477 e. The standard InChI is InChI=1S/C24H25F8N7O2S/c1-13-19(21(42-38-13)37-17-10-33-16(9-34-17)24(30,31)32)20(40)36-15-2-3-18(35-8-15)41-11-14-4-6-39(12-22(14,25)26)7-5-23(27,28)29/h2-3,8,10,14,16H,4-7,9,11-12H2,1H3,(H,34,37)(H,36,40). The van der Waals surface area contributed by atoms with Gasteiger partial charge in [-0.15, -0.1) is 0 Å². The Morgan fingerprint density at radius 3 is 2.57 bits per heavy atom. The maximum Gasteiger partial charge on any atom is 0.412 e. The Morgan fingerprint density at radius 1 is 1.21 bits per heavy atom. The molecular weight excluding hydrogens is 602 g/mol. The number of aliphatic imine (C=N–C) groups is 2. The molecule has 2 N–H and O–H groups in total. The van der Waals surface area contributed by atoms with Crippen LogP contribution in [0.3, 0.4) is 0 Å². The van der Waals surface area contributed by atoms with Crippen LogP contribution in [0.1, 0.15) is 28.9 Å². The van der Waals surface area contributed by atoms with E-state index in [4.69, 9.17) is 4.74 Å². The average molecular weight is 628 g/mol. The number of anilines is 2. The highest BCUT2D eigenvalue weighted by atomic mass is 32.1. The van der Waals surface area contributed by atoms with Crippen LogP contribution in [0.15, 0.2) is 28.3 Å². The second-order valence-corrected chi connectivity index (χ2v) is 10.5. The van der Waals surface area contributed by atoms with Crippen LogP contribution in [0.4, 0.5) is 45.8 Å². The number of nitrogens with zero attached hydrogens (tertiary/aromatic N) is 5. The number of likely N-dealkylation sites (tertiary alicyclic amines) is 1. The number of amides is 1. The van der Waals surface area contributed by atoms with Crippen LogP contribution in [0.2, 0.25) is 0 Å². The largest absolute Gasteiger partial charge is 0.477 e. The Balaban J connectivity index is 1.30. The van der Waals surface area contributed by atoms with Gasteiger partial charge in [0.05, 0.1) is 61.4 Å². The molecule has 1 fully saturated rings. The number of pyridine rings is 1. The zero-order chi connectivity index (χ0) is 30.7. The number of rotatable bonds is 8. The first-order valence-electron chi connectivity index (χ1n) is 12.6. The lowest BCUT2D eigenvalue weighted by atomic mass is 9.93. The molecule has 0 bridgehead atoms. The van der Waals surface area contributed by atoms with Crippen molar-refractivity contribution in [1.29, 1.82) is 0 Å². The number of carbonyl (C=O) groups excluding carboxylic acids is 1. The fraction of sp³-hybridized carbons (Fsp3) is 0.542. The first-order chi connectivity index (χ1) is 19.6. The van der Waals surface area contributed by atoms with Crippen molar-refractivity contribution in [3.63, 3.8) is 0 Å². The van der Waals surface area contributed by atoms with Gasteiger partial charge in [0.25, 0.3) is 11.8 Å². The number of piperidine rings is 1. The topological polar surface area (TPSA) is 104 Å². The number of alkyl halides is 8. The van der Waals surface area contributed by atoms with Gasteiger partial charge in [0.15, 0.2) is 6.04 Å². The summed E-state index contributed by atoms with van der Waals surface area (Å²) < 4.78 is 114. The number of hydrogen-bond acceptors (Lipinski definition) is 9. The van der Waals surface area contributed by atoms with E-state index >= 15 is 0 Å². The molecule has 230 valence electrons. The smallest absolute Gasteiger partial charge is 0.412 e. The number of amidine groups is 1. The molecule has 2 atom stereocenters. The summed E-state index contributed by atoms with van der Waals surface area (Å²) in [6.07, 6.45) is -7.97. The monoisotopic (exact) mass is 627 g/mol. The summed E-state index contributed by atoms with van der Waals surface area (Å²) in [5.41, 5.74) is 0.704. The summed E-state index contributed by atoms with van der Waals surface area (Å²) in [5.74, 6) is -5.01. The minimum absolute atomic E-state index is 0.00537. The lowest BCUT2D eigenvalue weighted by Gasteiger charge is -2.38. The number of hydrogen-bond donors (Lipinski definition) is 2. The van der Waals surface area contributed by atoms with Gasteiger partial charge in [0, 0.05) is 12.6 Å². The molecule has 1 amide bonds. The fourth-order valence-electron chi connectivity index (χ4n) is 4.19. The zero-order valence-electron chi connectivity index (χ0n) is 21.9. The van der Waals surface area contributed by atoms with E-state index in [2.05, 4.69) is 30.0 Å². The molecule has 4 heterocycles. The van der Waals surface area contributed by atoms with Crippen LogP contribution in [0.25, 0.3) is 0 Å². The summed E-state index contributed by atoms with van der Waals surface area (Å²) in [6.45, 7) is -0.632. The third-order valence-corrected chi connectivity index (χ3v) is 7.34. The maximum atomic E-state index is 14.5. The lowest BCUT2D eigenvalue weighted by Crippen LogP contribution is -2.50. The molecule has 2 unspecified atom stereocenters. The summed E-state index contributed by atoms with van der Waals surface area (Å²) in [4.78, 5) is 25.3. The van der Waals surface area contributed by atoms with Gasteiger partial charge in [0.1, 0.15) is 10.8 Å². The van der Waals surface area contributed by atoms with Crippen LogP contribution in [0, 0.1) is 12.8 Å². The summed E-state index contributed by atoms with van der Waals surface area (Å²) in [6, 6.07) is 0.846. The molecule has 42 heavy (non-hydrogen) atoms. The molecule has 2 aromatic rings. The van der Waals surface area contributed by atoms with E-state index in [1.165, 1.54) is 18.3 Å². The van der Waals surface area contributed by atoms with Crippen molar-refractivity contribution in [1.82, 2.24) is 14.3 Å². The van der Waals surface area contributed by atoms with E-state index in [1.807, 2.05) is 0 Å². The first-order valence-corrected chi connectivity index (χ1v) is 13.3. The molecule has 2 aromatic heterocycles. The van der Waals surface area contributed by atoms with E-state index in [0.717, 1.165) is 22.6 Å². The average Bonchev–Trinajstić information content (AvgIpc) is 3.26. The van der Waals surface area contributed by atoms with Crippen LogP contribution < -0.4 is 15.4 Å². The quantitative estimate of drug-likeness (QED) is 0.390. The van der Waals surface area contributed by atoms with E-state index in [9.17, 15) is 39.9 Å². The van der Waals surface area contributed by atoms with Gasteiger partial charge in [-0.1, -0.05) is 0 Å². The van der Waals surface area contributed by atoms with E-state index in [-0.39, 0.29) is 40.9 Å². The predicted octanol–water partition coefficient (Wildman–Crippen LogP) is 5.21. The molecule has 0 spiro atoms. The molecule has 4 rings (SSSR count). The van der Waals surface area contributed by atoms with Crippen molar-refractivity contribution in [2.45, 2.75) is 44.1 Å². The Kier molecular flexibility index (Phi) is 9.34. The van der Waals surface area contributed by atoms with Gasteiger partial charge >= 0.3 is 12.4 Å². The highest BCUT2D eigenvalue weighted by molar-refractivity contribution is 7.11. The molecule has 18 heteroatoms. The number of halogens is 8. The van der Waals surface area contributed by atoms with Gasteiger partial charge in [-0.3, -0.25) is 19.7 Å². The van der Waals surface area contributed by atoms with E-state index < -0.39 is 68.8 Å². The van der Waals surface area contributed by atoms with Crippen LogP contribution in [-0.4, -0.2) is 89.3 Å². The lowest BCUT2D eigenvalue weighted by molar-refractivity contribution is -0.152. The summed E-state index contributed by atoms with van der Waals surface area (Å²) in [7, 11) is 0. The van der Waals surface area contributed by atoms with Crippen molar-refractivity contribution < 1.29 is 44.7 Å². The van der Waals surface area contributed by atoms with Crippen LogP contribution in [-0.2, 0) is 0 Å². The fourth-order valence-corrected chi connectivity index (χ4v) is 4.99. The van der Waals surface area contributed by atoms with Crippen LogP contribution >= 0.6 is 11.5 Å². The van der Waals surface area contributed by atoms with E-state index in [1.54, 1.807) is 6.92 Å². The third-order valence-electron chi connectivity index (χ3n) is 6.48. The first kappa shape index (κ1) is 31.5. The second kappa shape index (κ2) is 12.4. The minimum atomic E-state index is -4.52. The Bertz CT molecular complexity index is 1310. The summed E-state index contributed by atoms with van der Waals surface area (Å²) in [5, 5.41) is 5.61. The SMILES string of the molecule is Cc1nsc(NC2=NCC(C(F)(F)F)N=C2)c1C(=O)Nc1ccc(OCC2CCN(CCC(F)(F)F)CC2(F)F)nc1. The summed E-state index contributed by atoms with van der Waals surface area (Å²) >= 11 is 0.905. The second-order valence-electron chi connectivity index (χ2n) is 9.70. The Labute approximate surface area is 238 Å². The number of aryl methyl sites for hydroxylation is 1. The van der Waals surface area contributed by atoms with E-state index in [0.29, 0.717) is 5.69 Å². The Hall–Kier alpha value is -3.41. The van der Waals surface area contributed by atoms with Crippen molar-refractivity contribution in [2.75, 3.05) is 43.4 Å². The van der Waals surface area contributed by atoms with Gasteiger partial charge in [-0.2, -0.15) is 30.7 Å². The highest BCUT2D eigenvalue weighted by Gasteiger charge is 2.45. The molecule has 0 saturated carbocycles. The van der Waals surface area contributed by atoms with Gasteiger partial charge in [0.2, 0.25) is 5.88 Å². The normalized spacial score (nSPS) is 21.1.